The molecule has 0 aromatic heterocycles. The van der Waals surface area contributed by atoms with Crippen molar-refractivity contribution in [1.29, 1.82) is 0 Å². The molecule has 1 aliphatic heterocycles. The van der Waals surface area contributed by atoms with E-state index in [2.05, 4.69) is 11.0 Å². The summed E-state index contributed by atoms with van der Waals surface area (Å²) >= 11 is 0. The average Bonchev–Trinajstić information content (AvgIpc) is 2.50. The van der Waals surface area contributed by atoms with Gasteiger partial charge in [-0.2, -0.15) is 0 Å². The van der Waals surface area contributed by atoms with Gasteiger partial charge in [-0.25, -0.2) is 0 Å². The predicted octanol–water partition coefficient (Wildman–Crippen LogP) is 3.00. The van der Waals surface area contributed by atoms with E-state index in [-0.39, 0.29) is 12.0 Å². The number of benzene rings is 1. The van der Waals surface area contributed by atoms with Gasteiger partial charge in [-0.3, -0.25) is 9.69 Å². The molecule has 0 aliphatic carbocycles. The fraction of sp³-hybridized carbons (Fsp3) is 0.588. The lowest BCUT2D eigenvalue weighted by molar-refractivity contribution is -0.151. The van der Waals surface area contributed by atoms with Gasteiger partial charge in [0, 0.05) is 12.1 Å². The number of para-hydroxylation sites is 1. The highest BCUT2D eigenvalue weighted by molar-refractivity contribution is 5.75. The first-order valence-corrected chi connectivity index (χ1v) is 7.87. The molecule has 1 aliphatic rings. The number of ether oxygens (including phenoxy) is 2. The number of carbonyl (C=O) groups is 1. The average molecular weight is 291 g/mol. The summed E-state index contributed by atoms with van der Waals surface area (Å²) in [6.07, 6.45) is 3.11. The van der Waals surface area contributed by atoms with Gasteiger partial charge in [0.25, 0.3) is 0 Å². The molecule has 4 nitrogen and oxygen atoms in total. The van der Waals surface area contributed by atoms with Gasteiger partial charge in [0.15, 0.2) is 0 Å². The molecule has 0 bridgehead atoms. The second-order valence-electron chi connectivity index (χ2n) is 5.27. The fourth-order valence-electron chi connectivity index (χ4n) is 2.84. The number of rotatable bonds is 6. The van der Waals surface area contributed by atoms with Crippen LogP contribution in [0.5, 0.6) is 5.75 Å². The molecule has 0 saturated carbocycles. The lowest BCUT2D eigenvalue weighted by Gasteiger charge is -2.34. The molecule has 1 unspecified atom stereocenters. The Kier molecular flexibility index (Phi) is 6.05. The van der Waals surface area contributed by atoms with Crippen molar-refractivity contribution >= 4 is 5.97 Å². The molecule has 1 aromatic rings. The van der Waals surface area contributed by atoms with Gasteiger partial charge in [-0.1, -0.05) is 24.6 Å². The van der Waals surface area contributed by atoms with Crippen molar-refractivity contribution in [3.8, 4) is 5.75 Å². The number of esters is 1. The second-order valence-corrected chi connectivity index (χ2v) is 5.27. The molecule has 116 valence electrons. The minimum atomic E-state index is -0.117. The predicted molar refractivity (Wildman–Crippen MR) is 82.3 cm³/mol. The molecule has 21 heavy (non-hydrogen) atoms. The lowest BCUT2D eigenvalue weighted by Crippen LogP contribution is -2.45. The minimum absolute atomic E-state index is 0.0916. The highest BCUT2D eigenvalue weighted by atomic mass is 16.5. The van der Waals surface area contributed by atoms with Gasteiger partial charge in [0.05, 0.1) is 13.2 Å². The summed E-state index contributed by atoms with van der Waals surface area (Å²) in [5.41, 5.74) is 1.13. The third kappa shape index (κ3) is 4.21. The molecule has 0 radical (unpaired) electrons. The number of piperidine rings is 1. The molecule has 1 fully saturated rings. The van der Waals surface area contributed by atoms with Crippen molar-refractivity contribution in [2.45, 2.75) is 45.7 Å². The summed E-state index contributed by atoms with van der Waals surface area (Å²) < 4.78 is 10.9. The van der Waals surface area contributed by atoms with Crippen LogP contribution in [-0.2, 0) is 16.1 Å². The van der Waals surface area contributed by atoms with Crippen LogP contribution in [-0.4, -0.2) is 36.7 Å². The first-order chi connectivity index (χ1) is 10.3. The van der Waals surface area contributed by atoms with Crippen molar-refractivity contribution < 1.29 is 14.3 Å². The smallest absolute Gasteiger partial charge is 0.323 e. The van der Waals surface area contributed by atoms with E-state index < -0.39 is 0 Å². The van der Waals surface area contributed by atoms with Gasteiger partial charge in [0.1, 0.15) is 11.8 Å². The molecule has 4 heteroatoms. The quantitative estimate of drug-likeness (QED) is 0.755. The minimum Gasteiger partial charge on any atom is -0.494 e. The molecular weight excluding hydrogens is 266 g/mol. The van der Waals surface area contributed by atoms with E-state index in [0.29, 0.717) is 13.2 Å². The largest absolute Gasteiger partial charge is 0.494 e. The van der Waals surface area contributed by atoms with Crippen LogP contribution in [0.2, 0.25) is 0 Å². The number of hydrogen-bond donors (Lipinski definition) is 0. The standard InChI is InChI=1S/C17H25NO3/c1-3-20-16-11-6-5-9-14(16)13-18-12-8-7-10-15(18)17(19)21-4-2/h5-6,9,11,15H,3-4,7-8,10,12-13H2,1-2H3. The number of nitrogens with zero attached hydrogens (tertiary/aromatic N) is 1. The Morgan fingerprint density at radius 3 is 2.81 bits per heavy atom. The fourth-order valence-corrected chi connectivity index (χ4v) is 2.84. The van der Waals surface area contributed by atoms with Gasteiger partial charge < -0.3 is 9.47 Å². The molecule has 1 atom stereocenters. The van der Waals surface area contributed by atoms with Crippen LogP contribution in [0, 0.1) is 0 Å². The van der Waals surface area contributed by atoms with E-state index in [0.717, 1.165) is 43.7 Å². The third-order valence-corrected chi connectivity index (χ3v) is 3.82. The van der Waals surface area contributed by atoms with E-state index in [4.69, 9.17) is 9.47 Å². The van der Waals surface area contributed by atoms with E-state index in [1.54, 1.807) is 0 Å². The van der Waals surface area contributed by atoms with Crippen molar-refractivity contribution in [2.75, 3.05) is 19.8 Å². The molecule has 1 heterocycles. The topological polar surface area (TPSA) is 38.8 Å². The Morgan fingerprint density at radius 2 is 2.05 bits per heavy atom. The molecular formula is C17H25NO3. The van der Waals surface area contributed by atoms with E-state index >= 15 is 0 Å². The summed E-state index contributed by atoms with van der Waals surface area (Å²) in [5, 5.41) is 0. The van der Waals surface area contributed by atoms with Gasteiger partial charge >= 0.3 is 5.97 Å². The first-order valence-electron chi connectivity index (χ1n) is 7.87. The second kappa shape index (κ2) is 8.03. The Morgan fingerprint density at radius 1 is 1.24 bits per heavy atom. The third-order valence-electron chi connectivity index (χ3n) is 3.82. The number of likely N-dealkylation sites (tertiary alicyclic amines) is 1. The molecule has 2 rings (SSSR count). The van der Waals surface area contributed by atoms with Crippen molar-refractivity contribution in [1.82, 2.24) is 4.90 Å². The molecule has 1 saturated heterocycles. The zero-order valence-electron chi connectivity index (χ0n) is 13.0. The summed E-state index contributed by atoms with van der Waals surface area (Å²) in [7, 11) is 0. The maximum absolute atomic E-state index is 12.1. The summed E-state index contributed by atoms with van der Waals surface area (Å²) in [5.74, 6) is 0.819. The van der Waals surface area contributed by atoms with Crippen LogP contribution in [0.4, 0.5) is 0 Å². The summed E-state index contributed by atoms with van der Waals surface area (Å²) in [6.45, 7) is 6.61. The Balaban J connectivity index is 2.10. The SMILES string of the molecule is CCOC(=O)C1CCCCN1Cc1ccccc1OCC. The Labute approximate surface area is 127 Å². The van der Waals surface area contributed by atoms with Crippen molar-refractivity contribution in [3.05, 3.63) is 29.8 Å². The van der Waals surface area contributed by atoms with Crippen molar-refractivity contribution in [2.24, 2.45) is 0 Å². The highest BCUT2D eigenvalue weighted by Gasteiger charge is 2.30. The van der Waals surface area contributed by atoms with Gasteiger partial charge in [0.2, 0.25) is 0 Å². The van der Waals surface area contributed by atoms with E-state index in [1.165, 1.54) is 0 Å². The Hall–Kier alpha value is -1.55. The van der Waals surface area contributed by atoms with Crippen LogP contribution in [0.1, 0.15) is 38.7 Å². The maximum Gasteiger partial charge on any atom is 0.323 e. The zero-order chi connectivity index (χ0) is 15.1. The van der Waals surface area contributed by atoms with Gasteiger partial charge in [-0.15, -0.1) is 0 Å². The number of hydrogen-bond acceptors (Lipinski definition) is 4. The van der Waals surface area contributed by atoms with Crippen LogP contribution < -0.4 is 4.74 Å². The van der Waals surface area contributed by atoms with Crippen LogP contribution in [0.25, 0.3) is 0 Å². The molecule has 0 N–H and O–H groups in total. The Bertz CT molecular complexity index is 461. The van der Waals surface area contributed by atoms with E-state index in [9.17, 15) is 4.79 Å². The van der Waals surface area contributed by atoms with Crippen LogP contribution in [0.3, 0.4) is 0 Å². The highest BCUT2D eigenvalue weighted by Crippen LogP contribution is 2.25. The van der Waals surface area contributed by atoms with Gasteiger partial charge in [-0.05, 0) is 39.3 Å². The monoisotopic (exact) mass is 291 g/mol. The normalized spacial score (nSPS) is 19.2. The molecule has 1 aromatic carbocycles. The van der Waals surface area contributed by atoms with Crippen LogP contribution >= 0.6 is 0 Å². The zero-order valence-corrected chi connectivity index (χ0v) is 13.0. The molecule has 0 amide bonds. The van der Waals surface area contributed by atoms with E-state index in [1.807, 2.05) is 32.0 Å². The first kappa shape index (κ1) is 15.8. The lowest BCUT2D eigenvalue weighted by atomic mass is 10.0. The number of carbonyl (C=O) groups excluding carboxylic acids is 1. The summed E-state index contributed by atoms with van der Waals surface area (Å²) in [4.78, 5) is 14.3. The molecule has 0 spiro atoms. The summed E-state index contributed by atoms with van der Waals surface area (Å²) in [6, 6.07) is 7.94. The maximum atomic E-state index is 12.1. The van der Waals surface area contributed by atoms with Crippen molar-refractivity contribution in [3.63, 3.8) is 0 Å². The van der Waals surface area contributed by atoms with Crippen LogP contribution in [0.15, 0.2) is 24.3 Å².